The van der Waals surface area contributed by atoms with Crippen LogP contribution in [0.3, 0.4) is 0 Å². The standard InChI is InChI=1S/C48H30O/c1-3-15-31(16-4-1)33-27-28-42-44(30-33)49-48(43-29-34-19-7-8-20-35(34)36-21-9-10-22-37(36)43)47(42)46-40-25-13-11-23-38(40)45(32-17-5-2-6-18-32)39-24-12-14-26-41(39)46/h1-30H/i1D,3D,4D,11D,12D,13D,14D,15D,16D,23D,24D,25D,26D. The molecule has 1 heteroatoms. The lowest BCUT2D eigenvalue weighted by atomic mass is 9.84. The van der Waals surface area contributed by atoms with Crippen molar-refractivity contribution in [2.45, 2.75) is 0 Å². The molecule has 0 aliphatic carbocycles. The Bertz CT molecular complexity index is 3510. The molecule has 0 saturated heterocycles. The third-order valence-corrected chi connectivity index (χ3v) is 9.18. The van der Waals surface area contributed by atoms with Crippen LogP contribution in [0.2, 0.25) is 0 Å². The zero-order valence-electron chi connectivity index (χ0n) is 38.7. The first-order valence-electron chi connectivity index (χ1n) is 22.3. The highest BCUT2D eigenvalue weighted by molar-refractivity contribution is 6.26. The summed E-state index contributed by atoms with van der Waals surface area (Å²) < 4.78 is 123. The van der Waals surface area contributed by atoms with Crippen LogP contribution in [-0.2, 0) is 0 Å². The zero-order chi connectivity index (χ0) is 43.6. The molecule has 0 bridgehead atoms. The summed E-state index contributed by atoms with van der Waals surface area (Å²) in [5.74, 6) is 0.218. The predicted octanol–water partition coefficient (Wildman–Crippen LogP) is 13.7. The van der Waals surface area contributed by atoms with Gasteiger partial charge in [0.25, 0.3) is 0 Å². The number of fused-ring (bicyclic) bond motifs is 6. The van der Waals surface area contributed by atoms with Crippen LogP contribution in [0.25, 0.3) is 98.8 Å². The quantitative estimate of drug-likeness (QED) is 0.139. The van der Waals surface area contributed by atoms with Crippen molar-refractivity contribution in [1.29, 1.82) is 0 Å². The molecule has 10 aromatic rings. The van der Waals surface area contributed by atoms with Crippen LogP contribution < -0.4 is 0 Å². The monoisotopic (exact) mass is 635 g/mol. The van der Waals surface area contributed by atoms with Gasteiger partial charge in [0.05, 0.1) is 17.8 Å². The van der Waals surface area contributed by atoms with Gasteiger partial charge in [0, 0.05) is 22.1 Å². The molecule has 0 amide bonds. The molecule has 0 aliphatic heterocycles. The maximum atomic E-state index is 9.59. The normalized spacial score (nSPS) is 15.4. The minimum absolute atomic E-state index is 0.0103. The molecular weight excluding hydrogens is 593 g/mol. The van der Waals surface area contributed by atoms with Crippen LogP contribution in [0.15, 0.2) is 186 Å². The Kier molecular flexibility index (Phi) is 3.99. The molecule has 0 atom stereocenters. The summed E-state index contributed by atoms with van der Waals surface area (Å²) in [4.78, 5) is 0. The molecule has 10 rings (SSSR count). The van der Waals surface area contributed by atoms with E-state index in [2.05, 4.69) is 0 Å². The molecule has 0 saturated carbocycles. The lowest BCUT2D eigenvalue weighted by molar-refractivity contribution is 0.633. The van der Waals surface area contributed by atoms with E-state index in [-0.39, 0.29) is 60.7 Å². The third kappa shape index (κ3) is 4.33. The summed E-state index contributed by atoms with van der Waals surface area (Å²) in [7, 11) is 0. The van der Waals surface area contributed by atoms with E-state index in [0.29, 0.717) is 16.5 Å². The molecule has 1 aromatic heterocycles. The van der Waals surface area contributed by atoms with Crippen LogP contribution >= 0.6 is 0 Å². The minimum Gasteiger partial charge on any atom is -0.455 e. The van der Waals surface area contributed by atoms with Crippen molar-refractivity contribution < 1.29 is 22.2 Å². The molecule has 0 fully saturated rings. The summed E-state index contributed by atoms with van der Waals surface area (Å²) in [5.41, 5.74) is 2.02. The topological polar surface area (TPSA) is 13.1 Å². The van der Waals surface area contributed by atoms with Gasteiger partial charge in [0.15, 0.2) is 0 Å². The van der Waals surface area contributed by atoms with E-state index in [1.165, 1.54) is 0 Å². The molecule has 0 unspecified atom stereocenters. The van der Waals surface area contributed by atoms with E-state index >= 15 is 0 Å². The van der Waals surface area contributed by atoms with Crippen molar-refractivity contribution in [3.05, 3.63) is 182 Å². The maximum absolute atomic E-state index is 9.59. The third-order valence-electron chi connectivity index (χ3n) is 9.18. The van der Waals surface area contributed by atoms with E-state index in [1.54, 1.807) is 48.5 Å². The fourth-order valence-corrected chi connectivity index (χ4v) is 7.09. The van der Waals surface area contributed by atoms with Crippen LogP contribution in [-0.4, -0.2) is 0 Å². The lowest BCUT2D eigenvalue weighted by Crippen LogP contribution is -1.92. The van der Waals surface area contributed by atoms with Crippen molar-refractivity contribution >= 4 is 54.1 Å². The summed E-state index contributed by atoms with van der Waals surface area (Å²) >= 11 is 0. The summed E-state index contributed by atoms with van der Waals surface area (Å²) in [5, 5.41) is 3.95. The Morgan fingerprint density at radius 2 is 0.959 bits per heavy atom. The molecule has 0 aliphatic rings. The molecule has 0 radical (unpaired) electrons. The Morgan fingerprint density at radius 3 is 1.67 bits per heavy atom. The first-order valence-corrected chi connectivity index (χ1v) is 15.8. The van der Waals surface area contributed by atoms with Gasteiger partial charge in [0.2, 0.25) is 0 Å². The summed E-state index contributed by atoms with van der Waals surface area (Å²) in [6.07, 6.45) is 0. The second-order valence-electron chi connectivity index (χ2n) is 11.8. The SMILES string of the molecule is [2H]c1c([2H])c([2H])c(-c2ccc3c(-c4c5c([2H])c([2H])c([2H])c([2H])c5c(-c5ccccc5)c5c([2H])c([2H])c([2H])c([2H])c45)c(-c4cc5ccccc5c5ccccc45)oc3c2)c([2H])c1[2H]. The molecule has 1 heterocycles. The van der Waals surface area contributed by atoms with Gasteiger partial charge in [0.1, 0.15) is 11.3 Å². The smallest absolute Gasteiger partial charge is 0.143 e. The van der Waals surface area contributed by atoms with Gasteiger partial charge in [-0.3, -0.25) is 0 Å². The first kappa shape index (κ1) is 17.6. The lowest BCUT2D eigenvalue weighted by Gasteiger charge is -2.18. The van der Waals surface area contributed by atoms with Gasteiger partial charge in [-0.05, 0) is 83.5 Å². The van der Waals surface area contributed by atoms with Crippen LogP contribution in [0, 0.1) is 0 Å². The van der Waals surface area contributed by atoms with E-state index in [0.717, 1.165) is 21.5 Å². The van der Waals surface area contributed by atoms with Crippen molar-refractivity contribution in [2.75, 3.05) is 0 Å². The highest BCUT2D eigenvalue weighted by Gasteiger charge is 2.25. The Hall–Kier alpha value is -6.44. The van der Waals surface area contributed by atoms with Crippen molar-refractivity contribution in [3.63, 3.8) is 0 Å². The van der Waals surface area contributed by atoms with E-state index in [1.807, 2.05) is 54.6 Å². The van der Waals surface area contributed by atoms with Crippen molar-refractivity contribution in [3.8, 4) is 44.7 Å². The zero-order valence-corrected chi connectivity index (χ0v) is 25.7. The number of furan rings is 1. The second-order valence-corrected chi connectivity index (χ2v) is 11.8. The molecule has 0 spiro atoms. The fraction of sp³-hybridized carbons (Fsp3) is 0. The van der Waals surface area contributed by atoms with E-state index in [4.69, 9.17) is 16.8 Å². The van der Waals surface area contributed by atoms with Crippen molar-refractivity contribution in [1.82, 2.24) is 0 Å². The molecule has 9 aromatic carbocycles. The highest BCUT2D eigenvalue weighted by atomic mass is 16.3. The van der Waals surface area contributed by atoms with Gasteiger partial charge in [-0.25, -0.2) is 0 Å². The summed E-state index contributed by atoms with van der Waals surface area (Å²) in [6.45, 7) is 0. The molecule has 1 nitrogen and oxygen atoms in total. The molecule has 0 N–H and O–H groups in total. The number of benzene rings is 9. The van der Waals surface area contributed by atoms with Crippen LogP contribution in [0.5, 0.6) is 0 Å². The Morgan fingerprint density at radius 1 is 0.367 bits per heavy atom. The summed E-state index contributed by atoms with van der Waals surface area (Å²) in [6, 6.07) is 24.8. The second kappa shape index (κ2) is 11.1. The Balaban J connectivity index is 1.49. The highest BCUT2D eigenvalue weighted by Crippen LogP contribution is 2.51. The molecule has 49 heavy (non-hydrogen) atoms. The van der Waals surface area contributed by atoms with Crippen LogP contribution in [0.1, 0.15) is 17.8 Å². The minimum atomic E-state index is -0.545. The number of rotatable bonds is 4. The average molecular weight is 636 g/mol. The largest absolute Gasteiger partial charge is 0.455 e. The van der Waals surface area contributed by atoms with E-state index in [9.17, 15) is 5.48 Å². The van der Waals surface area contributed by atoms with Crippen molar-refractivity contribution in [2.24, 2.45) is 0 Å². The number of hydrogen-bond acceptors (Lipinski definition) is 1. The average Bonchev–Trinajstić information content (AvgIpc) is 3.67. The molecule has 228 valence electrons. The first-order chi connectivity index (χ1) is 29.7. The van der Waals surface area contributed by atoms with Gasteiger partial charge < -0.3 is 4.42 Å². The van der Waals surface area contributed by atoms with Gasteiger partial charge in [-0.2, -0.15) is 0 Å². The predicted molar refractivity (Wildman–Crippen MR) is 208 cm³/mol. The van der Waals surface area contributed by atoms with Gasteiger partial charge >= 0.3 is 0 Å². The molecular formula is C48H30O. The fourth-order valence-electron chi connectivity index (χ4n) is 7.09. The Labute approximate surface area is 302 Å². The van der Waals surface area contributed by atoms with E-state index < -0.39 is 78.6 Å². The van der Waals surface area contributed by atoms with Gasteiger partial charge in [-0.15, -0.1) is 0 Å². The van der Waals surface area contributed by atoms with Crippen LogP contribution in [0.4, 0.5) is 0 Å². The maximum Gasteiger partial charge on any atom is 0.143 e. The van der Waals surface area contributed by atoms with Gasteiger partial charge in [-0.1, -0.05) is 163 Å². The number of hydrogen-bond donors (Lipinski definition) is 0.